The molecule has 1 aliphatic heterocycles. The SMILES string of the molecule is Cc1ccc(F)c(NCC2Cc3ccccc3O2)c1. The molecular weight excluding hydrogens is 241 g/mol. The molecule has 0 saturated carbocycles. The van der Waals surface area contributed by atoms with E-state index in [1.165, 1.54) is 11.6 Å². The van der Waals surface area contributed by atoms with Gasteiger partial charge < -0.3 is 10.1 Å². The van der Waals surface area contributed by atoms with Gasteiger partial charge >= 0.3 is 0 Å². The molecular formula is C16H16FNO. The van der Waals surface area contributed by atoms with Crippen molar-refractivity contribution in [2.24, 2.45) is 0 Å². The van der Waals surface area contributed by atoms with Crippen LogP contribution in [0, 0.1) is 12.7 Å². The van der Waals surface area contributed by atoms with E-state index in [9.17, 15) is 4.39 Å². The number of aryl methyl sites for hydroxylation is 1. The van der Waals surface area contributed by atoms with Crippen LogP contribution in [0.3, 0.4) is 0 Å². The molecule has 1 unspecified atom stereocenters. The van der Waals surface area contributed by atoms with Crippen LogP contribution in [0.2, 0.25) is 0 Å². The highest BCUT2D eigenvalue weighted by atomic mass is 19.1. The molecule has 0 spiro atoms. The molecule has 1 heterocycles. The van der Waals surface area contributed by atoms with Crippen molar-refractivity contribution >= 4 is 5.69 Å². The Kier molecular flexibility index (Phi) is 3.11. The van der Waals surface area contributed by atoms with Crippen LogP contribution in [0.5, 0.6) is 5.75 Å². The number of ether oxygens (including phenoxy) is 1. The third kappa shape index (κ3) is 2.55. The lowest BCUT2D eigenvalue weighted by atomic mass is 10.1. The highest BCUT2D eigenvalue weighted by Crippen LogP contribution is 2.28. The van der Waals surface area contributed by atoms with E-state index in [0.29, 0.717) is 12.2 Å². The molecule has 0 saturated heterocycles. The number of anilines is 1. The van der Waals surface area contributed by atoms with E-state index < -0.39 is 0 Å². The number of rotatable bonds is 3. The molecule has 98 valence electrons. The van der Waals surface area contributed by atoms with Crippen molar-refractivity contribution in [3.8, 4) is 5.75 Å². The second kappa shape index (κ2) is 4.92. The zero-order valence-electron chi connectivity index (χ0n) is 10.8. The Bertz CT molecular complexity index is 572. The monoisotopic (exact) mass is 257 g/mol. The van der Waals surface area contributed by atoms with Gasteiger partial charge in [0.1, 0.15) is 17.7 Å². The second-order valence-corrected chi connectivity index (χ2v) is 4.92. The van der Waals surface area contributed by atoms with Crippen LogP contribution in [0.15, 0.2) is 42.5 Å². The Labute approximate surface area is 112 Å². The van der Waals surface area contributed by atoms with E-state index in [1.807, 2.05) is 31.2 Å². The molecule has 0 bridgehead atoms. The van der Waals surface area contributed by atoms with Gasteiger partial charge in [0.05, 0.1) is 12.2 Å². The van der Waals surface area contributed by atoms with Gasteiger partial charge in [0, 0.05) is 6.42 Å². The van der Waals surface area contributed by atoms with Gasteiger partial charge in [-0.15, -0.1) is 0 Å². The van der Waals surface area contributed by atoms with Crippen molar-refractivity contribution in [3.05, 3.63) is 59.4 Å². The summed E-state index contributed by atoms with van der Waals surface area (Å²) in [6.45, 7) is 2.56. The predicted molar refractivity (Wildman–Crippen MR) is 74.2 cm³/mol. The van der Waals surface area contributed by atoms with Crippen LogP contribution in [0.4, 0.5) is 10.1 Å². The normalized spacial score (nSPS) is 16.8. The summed E-state index contributed by atoms with van der Waals surface area (Å²) < 4.78 is 19.4. The number of nitrogens with one attached hydrogen (secondary N) is 1. The molecule has 2 aromatic carbocycles. The maximum atomic E-state index is 13.6. The van der Waals surface area contributed by atoms with Gasteiger partial charge in [-0.3, -0.25) is 0 Å². The van der Waals surface area contributed by atoms with Crippen LogP contribution in [0.25, 0.3) is 0 Å². The van der Waals surface area contributed by atoms with Crippen LogP contribution >= 0.6 is 0 Å². The van der Waals surface area contributed by atoms with Crippen molar-refractivity contribution in [1.82, 2.24) is 0 Å². The van der Waals surface area contributed by atoms with Gasteiger partial charge in [0.2, 0.25) is 0 Å². The Balaban J connectivity index is 1.64. The van der Waals surface area contributed by atoms with Gasteiger partial charge in [0.25, 0.3) is 0 Å². The summed E-state index contributed by atoms with van der Waals surface area (Å²) >= 11 is 0. The fourth-order valence-electron chi connectivity index (χ4n) is 2.37. The fourth-order valence-corrected chi connectivity index (χ4v) is 2.37. The molecule has 1 aliphatic rings. The molecule has 1 atom stereocenters. The molecule has 0 aliphatic carbocycles. The number of fused-ring (bicyclic) bond motifs is 1. The van der Waals surface area contributed by atoms with E-state index in [1.54, 1.807) is 6.07 Å². The molecule has 3 rings (SSSR count). The maximum Gasteiger partial charge on any atom is 0.146 e. The molecule has 0 radical (unpaired) electrons. The Hall–Kier alpha value is -2.03. The van der Waals surface area contributed by atoms with Crippen LogP contribution in [0.1, 0.15) is 11.1 Å². The third-order valence-electron chi connectivity index (χ3n) is 3.36. The fraction of sp³-hybridized carbons (Fsp3) is 0.250. The second-order valence-electron chi connectivity index (χ2n) is 4.92. The summed E-state index contributed by atoms with van der Waals surface area (Å²) in [5.74, 6) is 0.722. The smallest absolute Gasteiger partial charge is 0.146 e. The lowest BCUT2D eigenvalue weighted by Gasteiger charge is -2.13. The minimum Gasteiger partial charge on any atom is -0.488 e. The highest BCUT2D eigenvalue weighted by Gasteiger charge is 2.22. The summed E-state index contributed by atoms with van der Waals surface area (Å²) in [6.07, 6.45) is 0.939. The summed E-state index contributed by atoms with van der Waals surface area (Å²) in [7, 11) is 0. The zero-order valence-corrected chi connectivity index (χ0v) is 10.8. The molecule has 0 aromatic heterocycles. The van der Waals surface area contributed by atoms with Crippen molar-refractivity contribution in [2.75, 3.05) is 11.9 Å². The quantitative estimate of drug-likeness (QED) is 0.908. The highest BCUT2D eigenvalue weighted by molar-refractivity contribution is 5.47. The Morgan fingerprint density at radius 2 is 2.11 bits per heavy atom. The summed E-state index contributed by atoms with van der Waals surface area (Å²) in [6, 6.07) is 13.1. The van der Waals surface area contributed by atoms with Gasteiger partial charge in [-0.25, -0.2) is 4.39 Å². The molecule has 2 nitrogen and oxygen atoms in total. The largest absolute Gasteiger partial charge is 0.488 e. The minimum atomic E-state index is -0.221. The van der Waals surface area contributed by atoms with Crippen LogP contribution in [-0.4, -0.2) is 12.6 Å². The first kappa shape index (κ1) is 12.0. The van der Waals surface area contributed by atoms with Crippen molar-refractivity contribution in [3.63, 3.8) is 0 Å². The molecule has 2 aromatic rings. The van der Waals surface area contributed by atoms with Gasteiger partial charge in [-0.1, -0.05) is 24.3 Å². The topological polar surface area (TPSA) is 21.3 Å². The van der Waals surface area contributed by atoms with E-state index in [2.05, 4.69) is 11.4 Å². The van der Waals surface area contributed by atoms with Crippen molar-refractivity contribution in [2.45, 2.75) is 19.4 Å². The van der Waals surface area contributed by atoms with Crippen molar-refractivity contribution in [1.29, 1.82) is 0 Å². The first-order chi connectivity index (χ1) is 9.22. The summed E-state index contributed by atoms with van der Waals surface area (Å²) in [4.78, 5) is 0. The first-order valence-electron chi connectivity index (χ1n) is 6.47. The van der Waals surface area contributed by atoms with E-state index in [4.69, 9.17) is 4.74 Å². The molecule has 0 amide bonds. The standard InChI is InChI=1S/C16H16FNO/c1-11-6-7-14(17)15(8-11)18-10-13-9-12-4-2-3-5-16(12)19-13/h2-8,13,18H,9-10H2,1H3. The zero-order chi connectivity index (χ0) is 13.2. The Morgan fingerprint density at radius 1 is 1.26 bits per heavy atom. The predicted octanol–water partition coefficient (Wildman–Crippen LogP) is 3.55. The van der Waals surface area contributed by atoms with Crippen LogP contribution < -0.4 is 10.1 Å². The lowest BCUT2D eigenvalue weighted by molar-refractivity contribution is 0.246. The maximum absolute atomic E-state index is 13.6. The van der Waals surface area contributed by atoms with Gasteiger partial charge in [0.15, 0.2) is 0 Å². The molecule has 3 heteroatoms. The number of hydrogen-bond acceptors (Lipinski definition) is 2. The molecule has 0 fully saturated rings. The van der Waals surface area contributed by atoms with Gasteiger partial charge in [-0.05, 0) is 36.2 Å². The first-order valence-corrected chi connectivity index (χ1v) is 6.47. The molecule has 19 heavy (non-hydrogen) atoms. The number of hydrogen-bond donors (Lipinski definition) is 1. The number of para-hydroxylation sites is 1. The Morgan fingerprint density at radius 3 is 2.95 bits per heavy atom. The van der Waals surface area contributed by atoms with E-state index >= 15 is 0 Å². The lowest BCUT2D eigenvalue weighted by Crippen LogP contribution is -2.24. The number of benzene rings is 2. The van der Waals surface area contributed by atoms with Crippen molar-refractivity contribution < 1.29 is 9.13 Å². The summed E-state index contributed by atoms with van der Waals surface area (Å²) in [5, 5.41) is 3.13. The average Bonchev–Trinajstić information content (AvgIpc) is 2.82. The van der Waals surface area contributed by atoms with E-state index in [-0.39, 0.29) is 11.9 Å². The third-order valence-corrected chi connectivity index (χ3v) is 3.36. The average molecular weight is 257 g/mol. The minimum absolute atomic E-state index is 0.0670. The number of halogens is 1. The van der Waals surface area contributed by atoms with Crippen LogP contribution in [-0.2, 0) is 6.42 Å². The summed E-state index contributed by atoms with van der Waals surface area (Å²) in [5.41, 5.74) is 2.80. The molecule has 1 N–H and O–H groups in total. The van der Waals surface area contributed by atoms with Gasteiger partial charge in [-0.2, -0.15) is 0 Å². The van der Waals surface area contributed by atoms with E-state index in [0.717, 1.165) is 17.7 Å².